The van der Waals surface area contributed by atoms with Crippen LogP contribution >= 0.6 is 0 Å². The van der Waals surface area contributed by atoms with Crippen LogP contribution in [-0.4, -0.2) is 53.6 Å². The van der Waals surface area contributed by atoms with Crippen LogP contribution in [0.2, 0.25) is 0 Å². The maximum Gasteiger partial charge on any atom is 0.217 e. The average Bonchev–Trinajstić information content (AvgIpc) is 2.76. The molecule has 0 saturated carbocycles. The van der Waals surface area contributed by atoms with Gasteiger partial charge in [0.25, 0.3) is 0 Å². The molecule has 1 aliphatic heterocycles. The number of halogens is 2. The van der Waals surface area contributed by atoms with Crippen molar-refractivity contribution in [2.45, 2.75) is 69.8 Å². The lowest BCUT2D eigenvalue weighted by Gasteiger charge is -2.35. The van der Waals surface area contributed by atoms with Crippen LogP contribution in [-0.2, 0) is 28.0 Å². The molecule has 0 aliphatic carbocycles. The Bertz CT molecular complexity index is 996. The molecule has 0 fully saturated rings. The third-order valence-electron chi connectivity index (χ3n) is 6.47. The summed E-state index contributed by atoms with van der Waals surface area (Å²) < 4.78 is 33.3. The molecule has 0 spiro atoms. The van der Waals surface area contributed by atoms with Gasteiger partial charge in [0.15, 0.2) is 0 Å². The largest absolute Gasteiger partial charge is 0.390 e. The van der Waals surface area contributed by atoms with Crippen molar-refractivity contribution in [2.24, 2.45) is 0 Å². The van der Waals surface area contributed by atoms with Gasteiger partial charge in [0.1, 0.15) is 17.2 Å². The van der Waals surface area contributed by atoms with Crippen LogP contribution in [0.4, 0.5) is 8.78 Å². The molecule has 3 rings (SSSR count). The molecule has 1 heterocycles. The zero-order valence-electron chi connectivity index (χ0n) is 20.6. The quantitative estimate of drug-likeness (QED) is 0.457. The highest BCUT2D eigenvalue weighted by Crippen LogP contribution is 2.30. The summed E-state index contributed by atoms with van der Waals surface area (Å²) in [4.78, 5) is 11.7. The lowest BCUT2D eigenvalue weighted by Crippen LogP contribution is -2.52. The van der Waals surface area contributed by atoms with Crippen molar-refractivity contribution in [3.63, 3.8) is 0 Å². The average molecular weight is 491 g/mol. The third kappa shape index (κ3) is 8.07. The second-order valence-electron chi connectivity index (χ2n) is 10.1. The first-order chi connectivity index (χ1) is 16.5. The number of rotatable bonds is 8. The van der Waals surface area contributed by atoms with Crippen LogP contribution < -0.4 is 10.6 Å². The number of ether oxygens (including phenoxy) is 1. The van der Waals surface area contributed by atoms with E-state index >= 15 is 0 Å². The van der Waals surface area contributed by atoms with E-state index in [2.05, 4.69) is 22.8 Å². The summed E-state index contributed by atoms with van der Waals surface area (Å²) in [6, 6.07) is 10.6. The summed E-state index contributed by atoms with van der Waals surface area (Å²) in [6.07, 6.45) is 1.12. The number of aliphatic hydroxyl groups excluding tert-OH is 1. The molecule has 0 aromatic heterocycles. The van der Waals surface area contributed by atoms with Crippen LogP contribution in [0.5, 0.6) is 0 Å². The minimum Gasteiger partial charge on any atom is -0.390 e. The van der Waals surface area contributed by atoms with Crippen LogP contribution in [0.3, 0.4) is 0 Å². The highest BCUT2D eigenvalue weighted by atomic mass is 19.1. The molecule has 0 radical (unpaired) electrons. The number of hydrogen-bond donors (Lipinski definition) is 4. The monoisotopic (exact) mass is 490 g/mol. The van der Waals surface area contributed by atoms with Gasteiger partial charge in [-0.15, -0.1) is 0 Å². The highest BCUT2D eigenvalue weighted by molar-refractivity contribution is 5.73. The summed E-state index contributed by atoms with van der Waals surface area (Å²) in [5.74, 6) is -1.81. The molecule has 2 aromatic rings. The van der Waals surface area contributed by atoms with Gasteiger partial charge in [-0.3, -0.25) is 4.79 Å². The normalized spacial score (nSPS) is 21.7. The number of fused-ring (bicyclic) bond motifs is 2. The van der Waals surface area contributed by atoms with E-state index < -0.39 is 35.0 Å². The predicted molar refractivity (Wildman–Crippen MR) is 130 cm³/mol. The van der Waals surface area contributed by atoms with Crippen molar-refractivity contribution in [2.75, 3.05) is 19.7 Å². The van der Waals surface area contributed by atoms with Gasteiger partial charge in [-0.1, -0.05) is 24.3 Å². The van der Waals surface area contributed by atoms with Crippen molar-refractivity contribution >= 4 is 5.91 Å². The Morgan fingerprint density at radius 3 is 2.57 bits per heavy atom. The van der Waals surface area contributed by atoms with Gasteiger partial charge in [0, 0.05) is 26.1 Å². The molecule has 2 bridgehead atoms. The minimum atomic E-state index is -1.15. The second-order valence-corrected chi connectivity index (χ2v) is 10.1. The zero-order chi connectivity index (χ0) is 25.6. The fourth-order valence-electron chi connectivity index (χ4n) is 4.45. The van der Waals surface area contributed by atoms with Crippen LogP contribution in [0.1, 0.15) is 50.3 Å². The first-order valence-corrected chi connectivity index (χ1v) is 12.0. The number of nitrogens with one attached hydrogen (secondary N) is 2. The first kappa shape index (κ1) is 27.2. The molecule has 8 heteroatoms. The summed E-state index contributed by atoms with van der Waals surface area (Å²) >= 11 is 0. The number of amides is 1. The van der Waals surface area contributed by atoms with Crippen LogP contribution in [0.25, 0.3) is 0 Å². The topological polar surface area (TPSA) is 90.8 Å². The lowest BCUT2D eigenvalue weighted by molar-refractivity contribution is -0.120. The SMILES string of the molecule is CC(=O)N[C@@H](Cc1cc(F)cc(F)c1)[C@H](O)CNCC1(O)CCCc2cccc(c2)C(C)(C)OC1. The van der Waals surface area contributed by atoms with E-state index in [-0.39, 0.29) is 32.0 Å². The molecule has 35 heavy (non-hydrogen) atoms. The molecule has 4 N–H and O–H groups in total. The zero-order valence-corrected chi connectivity index (χ0v) is 20.6. The maximum absolute atomic E-state index is 13.6. The molecule has 1 aliphatic rings. The van der Waals surface area contributed by atoms with Crippen molar-refractivity contribution < 1.29 is 28.5 Å². The van der Waals surface area contributed by atoms with Gasteiger partial charge in [-0.25, -0.2) is 8.78 Å². The molecule has 3 atom stereocenters. The molecule has 1 amide bonds. The Kier molecular flexibility index (Phi) is 8.99. The molecule has 2 aromatic carbocycles. The smallest absolute Gasteiger partial charge is 0.217 e. The molecular formula is C27H36F2N2O4. The second kappa shape index (κ2) is 11.6. The van der Waals surface area contributed by atoms with E-state index in [1.165, 1.54) is 24.6 Å². The Hall–Kier alpha value is -2.39. The van der Waals surface area contributed by atoms with Gasteiger partial charge < -0.3 is 25.6 Å². The summed E-state index contributed by atoms with van der Waals surface area (Å²) in [7, 11) is 0. The Morgan fingerprint density at radius 2 is 1.89 bits per heavy atom. The van der Waals surface area contributed by atoms with Gasteiger partial charge in [0.2, 0.25) is 5.91 Å². The predicted octanol–water partition coefficient (Wildman–Crippen LogP) is 2.98. The van der Waals surface area contributed by atoms with E-state index in [0.29, 0.717) is 12.0 Å². The Labute approximate surface area is 205 Å². The van der Waals surface area contributed by atoms with E-state index in [1.807, 2.05) is 26.0 Å². The Morgan fingerprint density at radius 1 is 1.17 bits per heavy atom. The van der Waals surface area contributed by atoms with E-state index in [1.54, 1.807) is 0 Å². The van der Waals surface area contributed by atoms with E-state index in [0.717, 1.165) is 24.5 Å². The molecule has 1 unspecified atom stereocenters. The summed E-state index contributed by atoms with van der Waals surface area (Å²) in [5, 5.41) is 27.8. The van der Waals surface area contributed by atoms with Crippen molar-refractivity contribution in [1.29, 1.82) is 0 Å². The lowest BCUT2D eigenvalue weighted by atomic mass is 9.90. The van der Waals surface area contributed by atoms with Gasteiger partial charge in [0.05, 0.1) is 24.4 Å². The van der Waals surface area contributed by atoms with E-state index in [4.69, 9.17) is 4.74 Å². The third-order valence-corrected chi connectivity index (χ3v) is 6.47. The maximum atomic E-state index is 13.6. The number of carbonyl (C=O) groups is 1. The fourth-order valence-corrected chi connectivity index (χ4v) is 4.45. The van der Waals surface area contributed by atoms with Crippen molar-refractivity contribution in [1.82, 2.24) is 10.6 Å². The van der Waals surface area contributed by atoms with Gasteiger partial charge >= 0.3 is 0 Å². The standard InChI is InChI=1S/C27H36F2N2O4/c1-18(32)31-24(13-20-11-22(28)14-23(29)12-20)25(33)15-30-16-27(34)9-5-7-19-6-4-8-21(10-19)26(2,3)35-17-27/h4,6,8,10-12,14,24-25,30,33-34H,5,7,9,13,15-17H2,1-3H3,(H,31,32)/t24-,25+,27?/m0/s1. The number of aliphatic hydroxyl groups is 2. The van der Waals surface area contributed by atoms with Gasteiger partial charge in [-0.05, 0) is 68.4 Å². The number of benzene rings is 2. The number of hydrogen-bond acceptors (Lipinski definition) is 5. The number of aryl methyl sites for hydroxylation is 1. The summed E-state index contributed by atoms with van der Waals surface area (Å²) in [5.41, 5.74) is 0.846. The van der Waals surface area contributed by atoms with Crippen LogP contribution in [0, 0.1) is 11.6 Å². The Balaban J connectivity index is 1.62. The fraction of sp³-hybridized carbons (Fsp3) is 0.519. The van der Waals surface area contributed by atoms with Gasteiger partial charge in [-0.2, -0.15) is 0 Å². The van der Waals surface area contributed by atoms with Crippen molar-refractivity contribution in [3.8, 4) is 0 Å². The van der Waals surface area contributed by atoms with E-state index in [9.17, 15) is 23.8 Å². The minimum absolute atomic E-state index is 0.0520. The van der Waals surface area contributed by atoms with Crippen molar-refractivity contribution in [3.05, 3.63) is 70.8 Å². The van der Waals surface area contributed by atoms with Crippen LogP contribution in [0.15, 0.2) is 42.5 Å². The summed E-state index contributed by atoms with van der Waals surface area (Å²) in [6.45, 7) is 5.61. The molecule has 192 valence electrons. The molecular weight excluding hydrogens is 454 g/mol. The highest BCUT2D eigenvalue weighted by Gasteiger charge is 2.33. The number of carbonyl (C=O) groups excluding carboxylic acids is 1. The molecule has 0 saturated heterocycles. The molecule has 6 nitrogen and oxygen atoms in total. The first-order valence-electron chi connectivity index (χ1n) is 12.0.